The third-order valence-electron chi connectivity index (χ3n) is 4.00. The van der Waals surface area contributed by atoms with Crippen LogP contribution in [0, 0.1) is 5.92 Å². The highest BCUT2D eigenvalue weighted by molar-refractivity contribution is 5.72. The van der Waals surface area contributed by atoms with Gasteiger partial charge in [-0.05, 0) is 25.8 Å². The number of benzene rings is 1. The molecule has 1 aliphatic rings. The predicted octanol–water partition coefficient (Wildman–Crippen LogP) is 2.06. The van der Waals surface area contributed by atoms with E-state index in [0.29, 0.717) is 13.2 Å². The number of carbonyl (C=O) groups excluding carboxylic acids is 1. The summed E-state index contributed by atoms with van der Waals surface area (Å²) in [6.07, 6.45) is -2.76. The summed E-state index contributed by atoms with van der Waals surface area (Å²) in [6.45, 7) is 3.69. The summed E-state index contributed by atoms with van der Waals surface area (Å²) in [5.74, 6) is -0.439. The molecule has 0 radical (unpaired) electrons. The first kappa shape index (κ1) is 16.8. The maximum atomic E-state index is 13.0. The van der Waals surface area contributed by atoms with Gasteiger partial charge in [0, 0.05) is 5.56 Å². The number of carbonyl (C=O) groups is 1. The summed E-state index contributed by atoms with van der Waals surface area (Å²) in [4.78, 5) is 12.8. The van der Waals surface area contributed by atoms with Gasteiger partial charge < -0.3 is 9.64 Å². The van der Waals surface area contributed by atoms with E-state index < -0.39 is 11.7 Å². The maximum absolute atomic E-state index is 13.0. The largest absolute Gasteiger partial charge is 0.466 e. The fraction of sp³-hybridized carbons (Fsp3) is 0.562. The molecule has 1 N–H and O–H groups in total. The molecule has 1 aromatic carbocycles. The van der Waals surface area contributed by atoms with Crippen molar-refractivity contribution in [1.29, 1.82) is 0 Å². The lowest BCUT2D eigenvalue weighted by Crippen LogP contribution is -3.12. The molecule has 3 nitrogen and oxygen atoms in total. The van der Waals surface area contributed by atoms with Gasteiger partial charge in [0.25, 0.3) is 0 Å². The van der Waals surface area contributed by atoms with Gasteiger partial charge in [0.05, 0.1) is 25.3 Å². The Morgan fingerprint density at radius 1 is 1.36 bits per heavy atom. The first-order chi connectivity index (χ1) is 10.4. The van der Waals surface area contributed by atoms with Gasteiger partial charge in [0.2, 0.25) is 0 Å². The second-order valence-electron chi connectivity index (χ2n) is 5.63. The van der Waals surface area contributed by atoms with Gasteiger partial charge in [-0.25, -0.2) is 0 Å². The molecule has 1 aromatic rings. The van der Waals surface area contributed by atoms with Gasteiger partial charge in [-0.15, -0.1) is 0 Å². The van der Waals surface area contributed by atoms with Crippen LogP contribution in [-0.2, 0) is 22.3 Å². The van der Waals surface area contributed by atoms with Crippen LogP contribution in [-0.4, -0.2) is 25.7 Å². The molecule has 1 unspecified atom stereocenters. The fourth-order valence-corrected chi connectivity index (χ4v) is 2.99. The predicted molar refractivity (Wildman–Crippen MR) is 75.2 cm³/mol. The van der Waals surface area contributed by atoms with Crippen LogP contribution in [0.3, 0.4) is 0 Å². The standard InChI is InChI=1S/C16H20F3NO2/c1-2-22-15(21)13-7-5-9-20(11-13)10-12-6-3-4-8-14(12)16(17,18)19/h3-4,6,8,13H,2,5,7,9-11H2,1H3/p+1/t13-/m0/s1. The zero-order valence-corrected chi connectivity index (χ0v) is 12.6. The summed E-state index contributed by atoms with van der Waals surface area (Å²) in [6, 6.07) is 5.65. The summed E-state index contributed by atoms with van der Waals surface area (Å²) >= 11 is 0. The van der Waals surface area contributed by atoms with E-state index in [1.807, 2.05) is 0 Å². The van der Waals surface area contributed by atoms with Crippen molar-refractivity contribution in [3.05, 3.63) is 35.4 Å². The smallest absolute Gasteiger partial charge is 0.416 e. The quantitative estimate of drug-likeness (QED) is 0.862. The van der Waals surface area contributed by atoms with Crippen LogP contribution in [0.15, 0.2) is 24.3 Å². The molecule has 0 saturated carbocycles. The molecule has 22 heavy (non-hydrogen) atoms. The van der Waals surface area contributed by atoms with Gasteiger partial charge in [-0.2, -0.15) is 13.2 Å². The molecular weight excluding hydrogens is 295 g/mol. The Morgan fingerprint density at radius 3 is 2.77 bits per heavy atom. The van der Waals surface area contributed by atoms with Gasteiger partial charge in [0.1, 0.15) is 12.5 Å². The Bertz CT molecular complexity index is 516. The van der Waals surface area contributed by atoms with E-state index in [1.165, 1.54) is 12.1 Å². The second kappa shape index (κ2) is 7.13. The van der Waals surface area contributed by atoms with Gasteiger partial charge >= 0.3 is 12.1 Å². The van der Waals surface area contributed by atoms with Gasteiger partial charge in [-0.3, -0.25) is 4.79 Å². The molecule has 0 spiro atoms. The molecule has 1 heterocycles. The third kappa shape index (κ3) is 4.22. The molecule has 6 heteroatoms. The highest BCUT2D eigenvalue weighted by Crippen LogP contribution is 2.31. The van der Waals surface area contributed by atoms with Gasteiger partial charge in [0.15, 0.2) is 0 Å². The summed E-state index contributed by atoms with van der Waals surface area (Å²) in [5.41, 5.74) is -0.296. The molecule has 0 aromatic heterocycles. The van der Waals surface area contributed by atoms with Crippen LogP contribution in [0.4, 0.5) is 13.2 Å². The highest BCUT2D eigenvalue weighted by Gasteiger charge is 2.35. The molecule has 2 atom stereocenters. The lowest BCUT2D eigenvalue weighted by molar-refractivity contribution is -0.921. The topological polar surface area (TPSA) is 30.7 Å². The van der Waals surface area contributed by atoms with Crippen LogP contribution < -0.4 is 4.90 Å². The minimum atomic E-state index is -4.34. The van der Waals surface area contributed by atoms with E-state index >= 15 is 0 Å². The normalized spacial score (nSPS) is 22.4. The highest BCUT2D eigenvalue weighted by atomic mass is 19.4. The Morgan fingerprint density at radius 2 is 2.09 bits per heavy atom. The van der Waals surface area contributed by atoms with E-state index in [2.05, 4.69) is 0 Å². The maximum Gasteiger partial charge on any atom is 0.416 e. The zero-order valence-electron chi connectivity index (χ0n) is 12.6. The minimum Gasteiger partial charge on any atom is -0.466 e. The summed E-state index contributed by atoms with van der Waals surface area (Å²) in [7, 11) is 0. The van der Waals surface area contributed by atoms with Crippen molar-refractivity contribution >= 4 is 5.97 Å². The molecule has 0 bridgehead atoms. The Balaban J connectivity index is 2.06. The number of hydrogen-bond donors (Lipinski definition) is 1. The Kier molecular flexibility index (Phi) is 5.45. The number of hydrogen-bond acceptors (Lipinski definition) is 2. The SMILES string of the molecule is CCOC(=O)[C@H]1CCC[NH+](Cc2ccccc2C(F)(F)F)C1. The average molecular weight is 316 g/mol. The number of piperidine rings is 1. The van der Waals surface area contributed by atoms with Crippen molar-refractivity contribution in [3.63, 3.8) is 0 Å². The summed E-state index contributed by atoms with van der Waals surface area (Å²) in [5, 5.41) is 0. The lowest BCUT2D eigenvalue weighted by Gasteiger charge is -2.29. The zero-order chi connectivity index (χ0) is 16.2. The molecule has 0 amide bonds. The molecule has 0 aliphatic carbocycles. The monoisotopic (exact) mass is 316 g/mol. The number of esters is 1. The van der Waals surface area contributed by atoms with Crippen LogP contribution in [0.1, 0.15) is 30.9 Å². The number of ether oxygens (including phenoxy) is 1. The molecule has 122 valence electrons. The van der Waals surface area contributed by atoms with E-state index in [4.69, 9.17) is 4.74 Å². The molecule has 1 aliphatic heterocycles. The van der Waals surface area contributed by atoms with E-state index in [-0.39, 0.29) is 24.0 Å². The second-order valence-corrected chi connectivity index (χ2v) is 5.63. The average Bonchev–Trinajstić information content (AvgIpc) is 2.47. The van der Waals surface area contributed by atoms with Crippen LogP contribution in [0.25, 0.3) is 0 Å². The Hall–Kier alpha value is -1.56. The number of rotatable bonds is 4. The number of halogens is 3. The molecule has 2 rings (SSSR count). The van der Waals surface area contributed by atoms with E-state index in [1.54, 1.807) is 13.0 Å². The van der Waals surface area contributed by atoms with Gasteiger partial charge in [-0.1, -0.05) is 18.2 Å². The number of likely N-dealkylation sites (tertiary alicyclic amines) is 1. The number of alkyl halides is 3. The first-order valence-corrected chi connectivity index (χ1v) is 7.57. The third-order valence-corrected chi connectivity index (χ3v) is 4.00. The number of nitrogens with one attached hydrogen (secondary N) is 1. The van der Waals surface area contributed by atoms with Crippen LogP contribution in [0.2, 0.25) is 0 Å². The number of quaternary nitrogens is 1. The van der Waals surface area contributed by atoms with E-state index in [0.717, 1.165) is 30.4 Å². The fourth-order valence-electron chi connectivity index (χ4n) is 2.99. The van der Waals surface area contributed by atoms with Crippen molar-refractivity contribution in [1.82, 2.24) is 0 Å². The minimum absolute atomic E-state index is 0.207. The van der Waals surface area contributed by atoms with Crippen molar-refractivity contribution in [2.75, 3.05) is 19.7 Å². The van der Waals surface area contributed by atoms with Crippen molar-refractivity contribution in [2.24, 2.45) is 5.92 Å². The van der Waals surface area contributed by atoms with Crippen LogP contribution in [0.5, 0.6) is 0 Å². The first-order valence-electron chi connectivity index (χ1n) is 7.57. The van der Waals surface area contributed by atoms with Crippen molar-refractivity contribution in [3.8, 4) is 0 Å². The van der Waals surface area contributed by atoms with Crippen LogP contribution >= 0.6 is 0 Å². The lowest BCUT2D eigenvalue weighted by atomic mass is 9.97. The Labute approximate surface area is 128 Å². The van der Waals surface area contributed by atoms with E-state index in [9.17, 15) is 18.0 Å². The molecule has 1 saturated heterocycles. The molecule has 1 fully saturated rings. The summed E-state index contributed by atoms with van der Waals surface area (Å²) < 4.78 is 44.1. The van der Waals surface area contributed by atoms with Crippen molar-refractivity contribution < 1.29 is 27.6 Å². The van der Waals surface area contributed by atoms with Crippen molar-refractivity contribution in [2.45, 2.75) is 32.5 Å². The molecular formula is C16H21F3NO2+.